The second-order valence-electron chi connectivity index (χ2n) is 6.63. The molecule has 26 heavy (non-hydrogen) atoms. The summed E-state index contributed by atoms with van der Waals surface area (Å²) in [6.45, 7) is 4.96. The second-order valence-corrected chi connectivity index (χ2v) is 6.63. The van der Waals surface area contributed by atoms with Crippen molar-refractivity contribution in [2.75, 3.05) is 46.3 Å². The molecule has 0 aliphatic carbocycles. The van der Waals surface area contributed by atoms with Crippen molar-refractivity contribution in [3.05, 3.63) is 35.9 Å². The Labute approximate surface area is 160 Å². The molecule has 0 bridgehead atoms. The molecule has 2 aliphatic rings. The molecule has 0 spiro atoms. The van der Waals surface area contributed by atoms with Crippen molar-refractivity contribution in [1.29, 1.82) is 0 Å². The molecule has 4 N–H and O–H groups in total. The highest BCUT2D eigenvalue weighted by Crippen LogP contribution is 2.33. The molecule has 0 radical (unpaired) electrons. The van der Waals surface area contributed by atoms with E-state index in [2.05, 4.69) is 10.2 Å². The molecule has 7 nitrogen and oxygen atoms in total. The van der Waals surface area contributed by atoms with Gasteiger partial charge in [-0.1, -0.05) is 30.3 Å². The Morgan fingerprint density at radius 3 is 2.08 bits per heavy atom. The lowest BCUT2D eigenvalue weighted by molar-refractivity contribution is -0.145. The fraction of sp³-hybridized carbons (Fsp3) is 0.556. The number of halogens is 1. The lowest BCUT2D eigenvalue weighted by Gasteiger charge is -2.34. The van der Waals surface area contributed by atoms with E-state index < -0.39 is 11.4 Å². The molecular weight excluding hydrogens is 356 g/mol. The first-order valence-corrected chi connectivity index (χ1v) is 8.68. The van der Waals surface area contributed by atoms with Crippen molar-refractivity contribution in [2.24, 2.45) is 5.73 Å². The zero-order chi connectivity index (χ0) is 18.3. The standard InChI is InChI=1S/C12H15NO2.C6H13N3O.ClH/c14-11(15)12(6-8-13-9-7-12)10-4-2-1-3-5-10;1-8-2-4-9(5-3-8)6(7)10;/h1-5,13H,6-9H2,(H,14,15);2-5H2,1H3,(H2,7,10);1H. The van der Waals surface area contributed by atoms with Gasteiger partial charge in [-0.05, 0) is 38.5 Å². The van der Waals surface area contributed by atoms with E-state index in [-0.39, 0.29) is 18.4 Å². The molecule has 1 aromatic rings. The van der Waals surface area contributed by atoms with Crippen molar-refractivity contribution < 1.29 is 14.7 Å². The van der Waals surface area contributed by atoms with Crippen LogP contribution in [0.25, 0.3) is 0 Å². The minimum absolute atomic E-state index is 0. The van der Waals surface area contributed by atoms with Gasteiger partial charge in [-0.2, -0.15) is 0 Å². The Balaban J connectivity index is 0.000000270. The number of piperazine rings is 1. The van der Waals surface area contributed by atoms with Crippen molar-refractivity contribution >= 4 is 24.4 Å². The van der Waals surface area contributed by atoms with Crippen molar-refractivity contribution in [3.8, 4) is 0 Å². The van der Waals surface area contributed by atoms with Gasteiger partial charge < -0.3 is 26.0 Å². The number of carbonyl (C=O) groups is 2. The summed E-state index contributed by atoms with van der Waals surface area (Å²) in [5.41, 5.74) is 5.34. The largest absolute Gasteiger partial charge is 0.481 e. The van der Waals surface area contributed by atoms with Crippen LogP contribution in [0.2, 0.25) is 0 Å². The number of urea groups is 1. The van der Waals surface area contributed by atoms with E-state index in [4.69, 9.17) is 5.73 Å². The number of carbonyl (C=O) groups excluding carboxylic acids is 1. The van der Waals surface area contributed by atoms with E-state index in [1.165, 1.54) is 0 Å². The summed E-state index contributed by atoms with van der Waals surface area (Å²) in [6.07, 6.45) is 1.35. The number of carboxylic acids is 1. The number of benzene rings is 1. The van der Waals surface area contributed by atoms with Crippen LogP contribution in [0.3, 0.4) is 0 Å². The van der Waals surface area contributed by atoms with Gasteiger partial charge in [-0.25, -0.2) is 4.79 Å². The molecule has 2 fully saturated rings. The number of aliphatic carboxylic acids is 1. The summed E-state index contributed by atoms with van der Waals surface area (Å²) in [7, 11) is 2.04. The number of likely N-dealkylation sites (N-methyl/N-ethyl adjacent to an activating group) is 1. The first kappa shape index (κ1) is 22.2. The topological polar surface area (TPSA) is 98.9 Å². The van der Waals surface area contributed by atoms with Crippen molar-refractivity contribution in [2.45, 2.75) is 18.3 Å². The van der Waals surface area contributed by atoms with Crippen LogP contribution < -0.4 is 11.1 Å². The number of primary amides is 1. The normalized spacial score (nSPS) is 19.5. The summed E-state index contributed by atoms with van der Waals surface area (Å²) < 4.78 is 0. The molecule has 8 heteroatoms. The third-order valence-corrected chi connectivity index (χ3v) is 5.01. The van der Waals surface area contributed by atoms with Crippen LogP contribution in [0, 0.1) is 0 Å². The van der Waals surface area contributed by atoms with Crippen LogP contribution in [0.15, 0.2) is 30.3 Å². The SMILES string of the molecule is CN1CCN(C(N)=O)CC1.Cl.O=C(O)C1(c2ccccc2)CCNCC1. The molecule has 146 valence electrons. The van der Waals surface area contributed by atoms with E-state index >= 15 is 0 Å². The molecule has 2 amide bonds. The highest BCUT2D eigenvalue weighted by Gasteiger charge is 2.40. The van der Waals surface area contributed by atoms with Gasteiger partial charge in [0.05, 0.1) is 5.41 Å². The van der Waals surface area contributed by atoms with E-state index in [1.54, 1.807) is 4.90 Å². The fourth-order valence-electron chi connectivity index (χ4n) is 3.26. The maximum absolute atomic E-state index is 11.4. The van der Waals surface area contributed by atoms with Gasteiger partial charge in [0.1, 0.15) is 0 Å². The average molecular weight is 385 g/mol. The second kappa shape index (κ2) is 10.4. The number of rotatable bonds is 2. The average Bonchev–Trinajstić information content (AvgIpc) is 2.64. The third kappa shape index (κ3) is 5.59. The van der Waals surface area contributed by atoms with Gasteiger partial charge in [-0.15, -0.1) is 12.4 Å². The molecule has 0 saturated carbocycles. The molecule has 2 aliphatic heterocycles. The summed E-state index contributed by atoms with van der Waals surface area (Å²) in [5.74, 6) is -0.699. The van der Waals surface area contributed by atoms with Gasteiger partial charge in [0.25, 0.3) is 0 Å². The number of nitrogens with one attached hydrogen (secondary N) is 1. The molecule has 0 aromatic heterocycles. The van der Waals surface area contributed by atoms with Crippen LogP contribution >= 0.6 is 12.4 Å². The highest BCUT2D eigenvalue weighted by atomic mass is 35.5. The lowest BCUT2D eigenvalue weighted by Crippen LogP contribution is -2.49. The molecule has 0 atom stereocenters. The van der Waals surface area contributed by atoms with E-state index in [0.717, 1.165) is 44.8 Å². The third-order valence-electron chi connectivity index (χ3n) is 5.01. The van der Waals surface area contributed by atoms with Crippen LogP contribution in [-0.4, -0.2) is 73.2 Å². The van der Waals surface area contributed by atoms with Gasteiger partial charge in [0, 0.05) is 26.2 Å². The number of nitrogens with two attached hydrogens (primary N) is 1. The number of nitrogens with zero attached hydrogens (tertiary/aromatic N) is 2. The minimum atomic E-state index is -0.699. The number of piperidine rings is 1. The predicted molar refractivity (Wildman–Crippen MR) is 104 cm³/mol. The summed E-state index contributed by atoms with van der Waals surface area (Å²) in [5, 5.41) is 12.6. The minimum Gasteiger partial charge on any atom is -0.481 e. The maximum atomic E-state index is 11.4. The predicted octanol–water partition coefficient (Wildman–Crippen LogP) is 1.13. The van der Waals surface area contributed by atoms with Gasteiger partial charge in [0.2, 0.25) is 0 Å². The van der Waals surface area contributed by atoms with E-state index in [9.17, 15) is 14.7 Å². The zero-order valence-corrected chi connectivity index (χ0v) is 16.0. The maximum Gasteiger partial charge on any atom is 0.314 e. The smallest absolute Gasteiger partial charge is 0.314 e. The molecule has 2 saturated heterocycles. The summed E-state index contributed by atoms with van der Waals surface area (Å²) in [4.78, 5) is 25.9. The fourth-order valence-corrected chi connectivity index (χ4v) is 3.26. The van der Waals surface area contributed by atoms with Crippen molar-refractivity contribution in [1.82, 2.24) is 15.1 Å². The molecule has 2 heterocycles. The van der Waals surface area contributed by atoms with Gasteiger partial charge in [-0.3, -0.25) is 4.79 Å². The molecule has 1 aromatic carbocycles. The van der Waals surface area contributed by atoms with Crippen LogP contribution in [0.5, 0.6) is 0 Å². The monoisotopic (exact) mass is 384 g/mol. The first-order chi connectivity index (χ1) is 12.0. The highest BCUT2D eigenvalue weighted by molar-refractivity contribution is 5.85. The van der Waals surface area contributed by atoms with Crippen LogP contribution in [-0.2, 0) is 10.2 Å². The lowest BCUT2D eigenvalue weighted by atomic mass is 9.73. The Kier molecular flexibility index (Phi) is 8.84. The Morgan fingerprint density at radius 1 is 1.08 bits per heavy atom. The van der Waals surface area contributed by atoms with Crippen LogP contribution in [0.1, 0.15) is 18.4 Å². The number of amides is 2. The molecular formula is C18H29ClN4O3. The summed E-state index contributed by atoms with van der Waals surface area (Å²) >= 11 is 0. The molecule has 3 rings (SSSR count). The Hall–Kier alpha value is -1.83. The van der Waals surface area contributed by atoms with Gasteiger partial charge >= 0.3 is 12.0 Å². The first-order valence-electron chi connectivity index (χ1n) is 8.68. The van der Waals surface area contributed by atoms with Gasteiger partial charge in [0.15, 0.2) is 0 Å². The Morgan fingerprint density at radius 2 is 1.62 bits per heavy atom. The zero-order valence-electron chi connectivity index (χ0n) is 15.2. The van der Waals surface area contributed by atoms with Crippen LogP contribution in [0.4, 0.5) is 4.79 Å². The Bertz CT molecular complexity index is 571. The number of hydrogen-bond donors (Lipinski definition) is 3. The van der Waals surface area contributed by atoms with E-state index in [1.807, 2.05) is 37.4 Å². The summed E-state index contributed by atoms with van der Waals surface area (Å²) in [6, 6.07) is 9.26. The number of hydrogen-bond acceptors (Lipinski definition) is 4. The number of carboxylic acid groups (broad SMARTS) is 1. The quantitative estimate of drug-likeness (QED) is 0.709. The van der Waals surface area contributed by atoms with Crippen molar-refractivity contribution in [3.63, 3.8) is 0 Å². The molecule has 0 unspecified atom stereocenters. The van der Waals surface area contributed by atoms with E-state index in [0.29, 0.717) is 12.8 Å².